The number of amides is 2. The van der Waals surface area contributed by atoms with E-state index in [9.17, 15) is 9.59 Å². The second kappa shape index (κ2) is 6.74. The van der Waals surface area contributed by atoms with Crippen LogP contribution in [0.3, 0.4) is 0 Å². The van der Waals surface area contributed by atoms with Gasteiger partial charge < -0.3 is 20.7 Å². The summed E-state index contributed by atoms with van der Waals surface area (Å²) < 4.78 is 4.97. The SMILES string of the molecule is CCOC(=O)N1CCC(NC(=O)C2C=CC(N)C2)CC1. The molecule has 2 rings (SSSR count). The van der Waals surface area contributed by atoms with Gasteiger partial charge in [-0.15, -0.1) is 0 Å². The Morgan fingerprint density at radius 3 is 2.60 bits per heavy atom. The first-order valence-corrected chi connectivity index (χ1v) is 7.26. The van der Waals surface area contributed by atoms with Crippen molar-refractivity contribution in [2.24, 2.45) is 11.7 Å². The Hall–Kier alpha value is -1.56. The smallest absolute Gasteiger partial charge is 0.409 e. The lowest BCUT2D eigenvalue weighted by molar-refractivity contribution is -0.124. The van der Waals surface area contributed by atoms with Crippen LogP contribution >= 0.6 is 0 Å². The zero-order valence-corrected chi connectivity index (χ0v) is 11.9. The Kier molecular flexibility index (Phi) is 5.00. The minimum absolute atomic E-state index is 0.00332. The third-order valence-electron chi connectivity index (χ3n) is 3.82. The summed E-state index contributed by atoms with van der Waals surface area (Å²) in [6, 6.07) is 0.134. The molecule has 0 aromatic rings. The number of nitrogens with one attached hydrogen (secondary N) is 1. The predicted octanol–water partition coefficient (Wildman–Crippen LogP) is 0.627. The van der Waals surface area contributed by atoms with Crippen LogP contribution in [0.1, 0.15) is 26.2 Å². The maximum absolute atomic E-state index is 12.1. The fourth-order valence-corrected chi connectivity index (χ4v) is 2.65. The molecule has 0 aromatic carbocycles. The normalized spacial score (nSPS) is 26.6. The quantitative estimate of drug-likeness (QED) is 0.743. The standard InChI is InChI=1S/C14H23N3O3/c1-2-20-14(19)17-7-5-12(6-8-17)16-13(18)10-3-4-11(15)9-10/h3-4,10-12H,2,5-9,15H2,1H3,(H,16,18). The van der Waals surface area contributed by atoms with Crippen LogP contribution in [0.5, 0.6) is 0 Å². The van der Waals surface area contributed by atoms with E-state index in [4.69, 9.17) is 10.5 Å². The van der Waals surface area contributed by atoms with Gasteiger partial charge in [-0.1, -0.05) is 12.2 Å². The molecule has 6 nitrogen and oxygen atoms in total. The Morgan fingerprint density at radius 2 is 2.05 bits per heavy atom. The van der Waals surface area contributed by atoms with Gasteiger partial charge in [0, 0.05) is 25.2 Å². The van der Waals surface area contributed by atoms with Crippen molar-refractivity contribution < 1.29 is 14.3 Å². The Balaban J connectivity index is 1.73. The molecule has 2 unspecified atom stereocenters. The molecule has 0 aromatic heterocycles. The van der Waals surface area contributed by atoms with Crippen LogP contribution in [-0.4, -0.2) is 48.7 Å². The first kappa shape index (κ1) is 14.8. The van der Waals surface area contributed by atoms with Gasteiger partial charge in [-0.3, -0.25) is 4.79 Å². The average molecular weight is 281 g/mol. The Labute approximate surface area is 119 Å². The van der Waals surface area contributed by atoms with E-state index in [2.05, 4.69) is 5.32 Å². The second-order valence-corrected chi connectivity index (χ2v) is 5.36. The third kappa shape index (κ3) is 3.72. The van der Waals surface area contributed by atoms with Crippen LogP contribution in [0.2, 0.25) is 0 Å². The monoisotopic (exact) mass is 281 g/mol. The molecule has 3 N–H and O–H groups in total. The minimum Gasteiger partial charge on any atom is -0.450 e. The minimum atomic E-state index is -0.262. The van der Waals surface area contributed by atoms with Crippen molar-refractivity contribution in [3.8, 4) is 0 Å². The van der Waals surface area contributed by atoms with Gasteiger partial charge in [-0.25, -0.2) is 4.79 Å². The first-order valence-electron chi connectivity index (χ1n) is 7.26. The number of carbonyl (C=O) groups excluding carboxylic acids is 2. The molecule has 0 radical (unpaired) electrons. The molecule has 0 saturated carbocycles. The molecule has 1 fully saturated rings. The molecule has 1 aliphatic carbocycles. The van der Waals surface area contributed by atoms with E-state index in [1.165, 1.54) is 0 Å². The molecule has 20 heavy (non-hydrogen) atoms. The number of piperidine rings is 1. The maximum Gasteiger partial charge on any atom is 0.409 e. The molecular formula is C14H23N3O3. The topological polar surface area (TPSA) is 84.7 Å². The fraction of sp³-hybridized carbons (Fsp3) is 0.714. The lowest BCUT2D eigenvalue weighted by Crippen LogP contribution is -2.47. The number of nitrogens with two attached hydrogens (primary N) is 1. The summed E-state index contributed by atoms with van der Waals surface area (Å²) >= 11 is 0. The van der Waals surface area contributed by atoms with Gasteiger partial charge >= 0.3 is 6.09 Å². The van der Waals surface area contributed by atoms with E-state index in [0.717, 1.165) is 12.8 Å². The molecule has 1 saturated heterocycles. The Morgan fingerprint density at radius 1 is 1.35 bits per heavy atom. The van der Waals surface area contributed by atoms with Crippen molar-refractivity contribution in [1.82, 2.24) is 10.2 Å². The van der Waals surface area contributed by atoms with E-state index >= 15 is 0 Å². The van der Waals surface area contributed by atoms with Gasteiger partial charge in [0.1, 0.15) is 0 Å². The molecule has 1 heterocycles. The molecule has 2 aliphatic rings. The van der Waals surface area contributed by atoms with Gasteiger partial charge in [-0.2, -0.15) is 0 Å². The summed E-state index contributed by atoms with van der Waals surface area (Å²) in [5.74, 6) is -0.0585. The van der Waals surface area contributed by atoms with Gasteiger partial charge in [0.05, 0.1) is 12.5 Å². The van der Waals surface area contributed by atoms with Gasteiger partial charge in [0.2, 0.25) is 5.91 Å². The summed E-state index contributed by atoms with van der Waals surface area (Å²) in [4.78, 5) is 25.3. The average Bonchev–Trinajstić information content (AvgIpc) is 2.86. The highest BCUT2D eigenvalue weighted by Crippen LogP contribution is 2.18. The van der Waals surface area contributed by atoms with E-state index < -0.39 is 0 Å². The molecule has 1 aliphatic heterocycles. The zero-order chi connectivity index (χ0) is 14.5. The molecule has 2 atom stereocenters. The molecule has 0 spiro atoms. The summed E-state index contributed by atoms with van der Waals surface area (Å²) in [5, 5.41) is 3.05. The van der Waals surface area contributed by atoms with Crippen molar-refractivity contribution in [3.05, 3.63) is 12.2 Å². The fourth-order valence-electron chi connectivity index (χ4n) is 2.65. The van der Waals surface area contributed by atoms with E-state index in [1.807, 2.05) is 12.2 Å². The molecule has 112 valence electrons. The third-order valence-corrected chi connectivity index (χ3v) is 3.82. The maximum atomic E-state index is 12.1. The van der Waals surface area contributed by atoms with Gasteiger partial charge in [-0.05, 0) is 26.2 Å². The lowest BCUT2D eigenvalue weighted by Gasteiger charge is -2.32. The van der Waals surface area contributed by atoms with E-state index in [1.54, 1.807) is 11.8 Å². The number of nitrogens with zero attached hydrogens (tertiary/aromatic N) is 1. The number of rotatable bonds is 3. The summed E-state index contributed by atoms with van der Waals surface area (Å²) in [6.45, 7) is 3.45. The van der Waals surface area contributed by atoms with Crippen LogP contribution in [0, 0.1) is 5.92 Å². The van der Waals surface area contributed by atoms with Crippen molar-refractivity contribution in [1.29, 1.82) is 0 Å². The largest absolute Gasteiger partial charge is 0.450 e. The van der Waals surface area contributed by atoms with Crippen molar-refractivity contribution in [2.45, 2.75) is 38.3 Å². The highest BCUT2D eigenvalue weighted by Gasteiger charge is 2.28. The first-order chi connectivity index (χ1) is 9.60. The number of ether oxygens (including phenoxy) is 1. The predicted molar refractivity (Wildman–Crippen MR) is 75.0 cm³/mol. The highest BCUT2D eigenvalue weighted by atomic mass is 16.6. The van der Waals surface area contributed by atoms with Gasteiger partial charge in [0.15, 0.2) is 0 Å². The number of likely N-dealkylation sites (tertiary alicyclic amines) is 1. The van der Waals surface area contributed by atoms with Crippen molar-refractivity contribution in [3.63, 3.8) is 0 Å². The van der Waals surface area contributed by atoms with E-state index in [0.29, 0.717) is 26.1 Å². The van der Waals surface area contributed by atoms with Crippen molar-refractivity contribution >= 4 is 12.0 Å². The second-order valence-electron chi connectivity index (χ2n) is 5.36. The molecule has 0 bridgehead atoms. The van der Waals surface area contributed by atoms with Crippen LogP contribution in [0.4, 0.5) is 4.79 Å². The van der Waals surface area contributed by atoms with Crippen LogP contribution in [-0.2, 0) is 9.53 Å². The van der Waals surface area contributed by atoms with Crippen LogP contribution in [0.25, 0.3) is 0 Å². The molecule has 6 heteroatoms. The number of carbonyl (C=O) groups is 2. The number of hydrogen-bond donors (Lipinski definition) is 2. The van der Waals surface area contributed by atoms with Crippen molar-refractivity contribution in [2.75, 3.05) is 19.7 Å². The molecule has 2 amide bonds. The zero-order valence-electron chi connectivity index (χ0n) is 11.9. The summed E-state index contributed by atoms with van der Waals surface area (Å²) in [5.41, 5.74) is 5.75. The van der Waals surface area contributed by atoms with Crippen LogP contribution in [0.15, 0.2) is 12.2 Å². The van der Waals surface area contributed by atoms with Crippen LogP contribution < -0.4 is 11.1 Å². The van der Waals surface area contributed by atoms with E-state index in [-0.39, 0.29) is 30.0 Å². The van der Waals surface area contributed by atoms with Gasteiger partial charge in [0.25, 0.3) is 0 Å². The number of hydrogen-bond acceptors (Lipinski definition) is 4. The molecular weight excluding hydrogens is 258 g/mol. The Bertz CT molecular complexity index is 389. The highest BCUT2D eigenvalue weighted by molar-refractivity contribution is 5.81. The summed E-state index contributed by atoms with van der Waals surface area (Å²) in [6.07, 6.45) is 5.73. The lowest BCUT2D eigenvalue weighted by atomic mass is 10.0. The summed E-state index contributed by atoms with van der Waals surface area (Å²) in [7, 11) is 0.